The second kappa shape index (κ2) is 3.62. The van der Waals surface area contributed by atoms with E-state index >= 15 is 0 Å². The number of amides is 1. The van der Waals surface area contributed by atoms with Crippen LogP contribution in [-0.4, -0.2) is 42.3 Å². The highest BCUT2D eigenvalue weighted by molar-refractivity contribution is 5.69. The Labute approximate surface area is 97.3 Å². The van der Waals surface area contributed by atoms with Crippen LogP contribution in [0.2, 0.25) is 0 Å². The summed E-state index contributed by atoms with van der Waals surface area (Å²) in [6.45, 7) is 10.6. The van der Waals surface area contributed by atoms with Crippen molar-refractivity contribution in [3.05, 3.63) is 0 Å². The first kappa shape index (κ1) is 11.7. The number of likely N-dealkylation sites (tertiary alicyclic amines) is 1. The molecule has 1 atom stereocenters. The van der Waals surface area contributed by atoms with Gasteiger partial charge in [0.1, 0.15) is 5.60 Å². The largest absolute Gasteiger partial charge is 0.444 e. The molecule has 16 heavy (non-hydrogen) atoms. The molecule has 0 aromatic heterocycles. The average molecular weight is 226 g/mol. The summed E-state index contributed by atoms with van der Waals surface area (Å²) in [5, 5.41) is 3.44. The Morgan fingerprint density at radius 1 is 1.44 bits per heavy atom. The lowest BCUT2D eigenvalue weighted by atomic mass is 9.78. The van der Waals surface area contributed by atoms with E-state index in [1.807, 2.05) is 25.7 Å². The minimum Gasteiger partial charge on any atom is -0.444 e. The van der Waals surface area contributed by atoms with E-state index in [2.05, 4.69) is 12.2 Å². The van der Waals surface area contributed by atoms with Gasteiger partial charge in [-0.05, 0) is 34.1 Å². The second-order valence-corrected chi connectivity index (χ2v) is 6.32. The van der Waals surface area contributed by atoms with E-state index in [1.165, 1.54) is 6.42 Å². The first-order valence-corrected chi connectivity index (χ1v) is 6.01. The maximum absolute atomic E-state index is 11.7. The van der Waals surface area contributed by atoms with Crippen LogP contribution >= 0.6 is 0 Å². The van der Waals surface area contributed by atoms with Crippen LogP contribution in [0.3, 0.4) is 0 Å². The number of hydrogen-bond donors (Lipinski definition) is 1. The molecule has 4 nitrogen and oxygen atoms in total. The van der Waals surface area contributed by atoms with Crippen LogP contribution in [0.1, 0.15) is 34.1 Å². The summed E-state index contributed by atoms with van der Waals surface area (Å²) in [6.07, 6.45) is 1.00. The summed E-state index contributed by atoms with van der Waals surface area (Å²) in [7, 11) is 0. The molecule has 1 amide bonds. The molecule has 0 unspecified atom stereocenters. The van der Waals surface area contributed by atoms with Crippen molar-refractivity contribution in [1.29, 1.82) is 0 Å². The Morgan fingerprint density at radius 2 is 2.06 bits per heavy atom. The summed E-state index contributed by atoms with van der Waals surface area (Å²) in [4.78, 5) is 13.6. The Hall–Kier alpha value is -0.770. The molecule has 0 aromatic rings. The fourth-order valence-electron chi connectivity index (χ4n) is 2.64. The SMILES string of the molecule is C[C@@H]1CC2(CN1)CN(C(=O)OC(C)(C)C)C2. The van der Waals surface area contributed by atoms with Gasteiger partial charge < -0.3 is 15.0 Å². The van der Waals surface area contributed by atoms with E-state index in [4.69, 9.17) is 4.74 Å². The van der Waals surface area contributed by atoms with Crippen molar-refractivity contribution in [2.75, 3.05) is 19.6 Å². The quantitative estimate of drug-likeness (QED) is 0.682. The van der Waals surface area contributed by atoms with Crippen molar-refractivity contribution in [3.63, 3.8) is 0 Å². The molecule has 1 spiro atoms. The van der Waals surface area contributed by atoms with Crippen LogP contribution < -0.4 is 5.32 Å². The summed E-state index contributed by atoms with van der Waals surface area (Å²) < 4.78 is 5.34. The van der Waals surface area contributed by atoms with Gasteiger partial charge in [-0.25, -0.2) is 4.79 Å². The second-order valence-electron chi connectivity index (χ2n) is 6.32. The number of nitrogens with zero attached hydrogens (tertiary/aromatic N) is 1. The van der Waals surface area contributed by atoms with E-state index in [1.54, 1.807) is 0 Å². The van der Waals surface area contributed by atoms with Gasteiger partial charge in [0.2, 0.25) is 0 Å². The van der Waals surface area contributed by atoms with E-state index < -0.39 is 0 Å². The predicted octanol–water partition coefficient (Wildman–Crippen LogP) is 1.61. The van der Waals surface area contributed by atoms with Crippen LogP contribution in [-0.2, 0) is 4.74 Å². The molecular weight excluding hydrogens is 204 g/mol. The molecule has 1 N–H and O–H groups in total. The minimum atomic E-state index is -0.388. The molecule has 2 rings (SSSR count). The summed E-state index contributed by atoms with van der Waals surface area (Å²) >= 11 is 0. The van der Waals surface area contributed by atoms with Gasteiger partial charge in [-0.1, -0.05) is 0 Å². The van der Waals surface area contributed by atoms with E-state index in [0.29, 0.717) is 11.5 Å². The highest BCUT2D eigenvalue weighted by atomic mass is 16.6. The molecule has 2 aliphatic rings. The third kappa shape index (κ3) is 2.32. The molecule has 92 valence electrons. The zero-order chi connectivity index (χ0) is 12.0. The zero-order valence-electron chi connectivity index (χ0n) is 10.7. The number of carbonyl (C=O) groups is 1. The highest BCUT2D eigenvalue weighted by Gasteiger charge is 2.49. The predicted molar refractivity (Wildman–Crippen MR) is 62.3 cm³/mol. The van der Waals surface area contributed by atoms with E-state index in [9.17, 15) is 4.79 Å². The van der Waals surface area contributed by atoms with Crippen LogP contribution in [0.5, 0.6) is 0 Å². The number of carbonyl (C=O) groups excluding carboxylic acids is 1. The third-order valence-electron chi connectivity index (χ3n) is 3.27. The average Bonchev–Trinajstić information content (AvgIpc) is 2.41. The molecule has 2 heterocycles. The van der Waals surface area contributed by atoms with Crippen molar-refractivity contribution in [2.24, 2.45) is 5.41 Å². The number of nitrogens with one attached hydrogen (secondary N) is 1. The molecule has 0 saturated carbocycles. The Bertz CT molecular complexity index is 290. The molecule has 0 aliphatic carbocycles. The Morgan fingerprint density at radius 3 is 2.50 bits per heavy atom. The molecule has 2 fully saturated rings. The van der Waals surface area contributed by atoms with E-state index in [-0.39, 0.29) is 11.7 Å². The molecule has 2 aliphatic heterocycles. The maximum atomic E-state index is 11.7. The van der Waals surface area contributed by atoms with Gasteiger partial charge in [0.15, 0.2) is 0 Å². The molecule has 0 bridgehead atoms. The summed E-state index contributed by atoms with van der Waals surface area (Å²) in [6, 6.07) is 0.584. The smallest absolute Gasteiger partial charge is 0.410 e. The lowest BCUT2D eigenvalue weighted by Crippen LogP contribution is -2.60. The van der Waals surface area contributed by atoms with Crippen LogP contribution in [0.15, 0.2) is 0 Å². The van der Waals surface area contributed by atoms with Gasteiger partial charge in [-0.2, -0.15) is 0 Å². The van der Waals surface area contributed by atoms with Crippen molar-refractivity contribution in [1.82, 2.24) is 10.2 Å². The monoisotopic (exact) mass is 226 g/mol. The van der Waals surface area contributed by atoms with Crippen LogP contribution in [0, 0.1) is 5.41 Å². The topological polar surface area (TPSA) is 41.6 Å². The minimum absolute atomic E-state index is 0.169. The standard InChI is InChI=1S/C12H22N2O2/c1-9-5-12(6-13-9)7-14(8-12)10(15)16-11(2,3)4/h9,13H,5-8H2,1-4H3/t9-/m1/s1. The zero-order valence-corrected chi connectivity index (χ0v) is 10.7. The molecule has 2 saturated heterocycles. The molecule has 4 heteroatoms. The molecular formula is C12H22N2O2. The fraction of sp³-hybridized carbons (Fsp3) is 0.917. The number of rotatable bonds is 0. The fourth-order valence-corrected chi connectivity index (χ4v) is 2.64. The van der Waals surface area contributed by atoms with E-state index in [0.717, 1.165) is 19.6 Å². The van der Waals surface area contributed by atoms with Crippen molar-refractivity contribution < 1.29 is 9.53 Å². The third-order valence-corrected chi connectivity index (χ3v) is 3.27. The Balaban J connectivity index is 1.82. The lowest BCUT2D eigenvalue weighted by Gasteiger charge is -2.47. The lowest BCUT2D eigenvalue weighted by molar-refractivity contribution is -0.0278. The summed E-state index contributed by atoms with van der Waals surface area (Å²) in [5.41, 5.74) is -0.0582. The normalized spacial score (nSPS) is 28.0. The number of ether oxygens (including phenoxy) is 1. The van der Waals surface area contributed by atoms with Gasteiger partial charge in [0.05, 0.1) is 0 Å². The highest BCUT2D eigenvalue weighted by Crippen LogP contribution is 2.38. The Kier molecular flexibility index (Phi) is 2.65. The molecule has 0 radical (unpaired) electrons. The van der Waals surface area contributed by atoms with Crippen molar-refractivity contribution in [3.8, 4) is 0 Å². The molecule has 0 aromatic carbocycles. The van der Waals surface area contributed by atoms with Gasteiger partial charge >= 0.3 is 6.09 Å². The van der Waals surface area contributed by atoms with Gasteiger partial charge in [-0.3, -0.25) is 0 Å². The van der Waals surface area contributed by atoms with Gasteiger partial charge in [0.25, 0.3) is 0 Å². The summed E-state index contributed by atoms with van der Waals surface area (Å²) in [5.74, 6) is 0. The van der Waals surface area contributed by atoms with Crippen molar-refractivity contribution >= 4 is 6.09 Å². The van der Waals surface area contributed by atoms with Gasteiger partial charge in [-0.15, -0.1) is 0 Å². The maximum Gasteiger partial charge on any atom is 0.410 e. The van der Waals surface area contributed by atoms with Crippen LogP contribution in [0.4, 0.5) is 4.79 Å². The first-order valence-electron chi connectivity index (χ1n) is 6.01. The first-order chi connectivity index (χ1) is 7.30. The number of hydrogen-bond acceptors (Lipinski definition) is 3. The van der Waals surface area contributed by atoms with Crippen LogP contribution in [0.25, 0.3) is 0 Å². The van der Waals surface area contributed by atoms with Gasteiger partial charge in [0, 0.05) is 31.1 Å². The van der Waals surface area contributed by atoms with Crippen molar-refractivity contribution in [2.45, 2.75) is 45.8 Å².